The first kappa shape index (κ1) is 11.1. The molecule has 0 radical (unpaired) electrons. The quantitative estimate of drug-likeness (QED) is 0.532. The van der Waals surface area contributed by atoms with Gasteiger partial charge in [0.15, 0.2) is 0 Å². The Bertz CT molecular complexity index is 421. The molecule has 2 rings (SSSR count). The number of nitrogens with zero attached hydrogens (tertiary/aromatic N) is 1. The van der Waals surface area contributed by atoms with Gasteiger partial charge in [0.1, 0.15) is 0 Å². The fourth-order valence-electron chi connectivity index (χ4n) is 1.86. The molecular weight excluding hydrogens is 209 g/mol. The Kier molecular flexibility index (Phi) is 2.96. The lowest BCUT2D eigenvalue weighted by atomic mass is 9.79. The van der Waals surface area contributed by atoms with Crippen LogP contribution in [0.2, 0.25) is 0 Å². The van der Waals surface area contributed by atoms with Gasteiger partial charge in [0.25, 0.3) is 5.91 Å². The summed E-state index contributed by atoms with van der Waals surface area (Å²) in [6.45, 7) is 0.634. The Morgan fingerprint density at radius 3 is 2.75 bits per heavy atom. The van der Waals surface area contributed by atoms with E-state index in [1.807, 2.05) is 0 Å². The Balaban J connectivity index is 2.29. The number of aliphatic hydroxyl groups is 1. The second kappa shape index (κ2) is 4.25. The van der Waals surface area contributed by atoms with Crippen LogP contribution in [0.15, 0.2) is 18.2 Å². The average molecular weight is 221 g/mol. The molecule has 1 amide bonds. The number of amides is 1. The van der Waals surface area contributed by atoms with Crippen molar-refractivity contribution in [2.75, 3.05) is 13.2 Å². The number of rotatable bonds is 3. The molecule has 0 atom stereocenters. The van der Waals surface area contributed by atoms with Crippen molar-refractivity contribution in [2.45, 2.75) is 6.54 Å². The van der Waals surface area contributed by atoms with Crippen molar-refractivity contribution in [1.29, 1.82) is 0 Å². The lowest BCUT2D eigenvalue weighted by molar-refractivity contribution is 0.0745. The third kappa shape index (κ3) is 1.82. The van der Waals surface area contributed by atoms with Crippen LogP contribution >= 0.6 is 0 Å². The van der Waals surface area contributed by atoms with E-state index in [0.717, 1.165) is 5.56 Å². The Morgan fingerprint density at radius 1 is 1.38 bits per heavy atom. The first-order valence-electron chi connectivity index (χ1n) is 5.02. The van der Waals surface area contributed by atoms with Gasteiger partial charge in [-0.05, 0) is 17.1 Å². The predicted octanol–water partition coefficient (Wildman–Crippen LogP) is -1.69. The van der Waals surface area contributed by atoms with E-state index >= 15 is 0 Å². The SMILES string of the molecule is O=C1c2ccc(B(O)O)cc2CN1CCO. The molecule has 1 aliphatic heterocycles. The molecule has 0 fully saturated rings. The van der Waals surface area contributed by atoms with Gasteiger partial charge >= 0.3 is 7.12 Å². The first-order chi connectivity index (χ1) is 7.63. The van der Waals surface area contributed by atoms with Gasteiger partial charge in [0.05, 0.1) is 6.61 Å². The van der Waals surface area contributed by atoms with Crippen LogP contribution in [0, 0.1) is 0 Å². The number of fused-ring (bicyclic) bond motifs is 1. The Morgan fingerprint density at radius 2 is 2.12 bits per heavy atom. The molecule has 5 nitrogen and oxygen atoms in total. The number of β-amino-alcohol motifs (C(OH)–C–C–N with tert-alkyl or cyclic N) is 1. The van der Waals surface area contributed by atoms with E-state index < -0.39 is 7.12 Å². The monoisotopic (exact) mass is 221 g/mol. The van der Waals surface area contributed by atoms with Crippen molar-refractivity contribution in [1.82, 2.24) is 4.90 Å². The van der Waals surface area contributed by atoms with Crippen LogP contribution in [0.3, 0.4) is 0 Å². The third-order valence-corrected chi connectivity index (χ3v) is 2.68. The Labute approximate surface area is 93.1 Å². The number of benzene rings is 1. The summed E-state index contributed by atoms with van der Waals surface area (Å²) in [7, 11) is -1.52. The molecule has 1 aliphatic rings. The minimum absolute atomic E-state index is 0.0742. The van der Waals surface area contributed by atoms with Crippen molar-refractivity contribution in [3.8, 4) is 0 Å². The number of hydrogen-bond donors (Lipinski definition) is 3. The summed E-state index contributed by atoms with van der Waals surface area (Å²) in [5.41, 5.74) is 1.71. The molecular formula is C10H12BNO4. The smallest absolute Gasteiger partial charge is 0.423 e. The molecule has 3 N–H and O–H groups in total. The first-order valence-corrected chi connectivity index (χ1v) is 5.02. The van der Waals surface area contributed by atoms with Crippen LogP contribution < -0.4 is 5.46 Å². The number of carbonyl (C=O) groups excluding carboxylic acids is 1. The Hall–Kier alpha value is -1.37. The minimum atomic E-state index is -1.52. The van der Waals surface area contributed by atoms with E-state index in [4.69, 9.17) is 15.2 Å². The van der Waals surface area contributed by atoms with Crippen LogP contribution in [0.25, 0.3) is 0 Å². The predicted molar refractivity (Wildman–Crippen MR) is 58.1 cm³/mol. The molecule has 0 spiro atoms. The van der Waals surface area contributed by atoms with E-state index in [9.17, 15) is 4.79 Å². The molecule has 0 unspecified atom stereocenters. The highest BCUT2D eigenvalue weighted by Gasteiger charge is 2.27. The molecule has 16 heavy (non-hydrogen) atoms. The van der Waals surface area contributed by atoms with Gasteiger partial charge in [-0.25, -0.2) is 0 Å². The highest BCUT2D eigenvalue weighted by Crippen LogP contribution is 2.21. The highest BCUT2D eigenvalue weighted by molar-refractivity contribution is 6.58. The van der Waals surface area contributed by atoms with Crippen molar-refractivity contribution in [3.05, 3.63) is 29.3 Å². The zero-order chi connectivity index (χ0) is 11.7. The molecule has 0 aromatic heterocycles. The second-order valence-electron chi connectivity index (χ2n) is 3.74. The zero-order valence-corrected chi connectivity index (χ0v) is 8.63. The number of aliphatic hydroxyl groups excluding tert-OH is 1. The van der Waals surface area contributed by atoms with Gasteiger partial charge < -0.3 is 20.1 Å². The maximum atomic E-state index is 11.8. The molecule has 1 aromatic rings. The molecule has 0 saturated carbocycles. The normalized spacial score (nSPS) is 14.2. The van der Waals surface area contributed by atoms with Gasteiger partial charge in [-0.15, -0.1) is 0 Å². The van der Waals surface area contributed by atoms with Crippen LogP contribution in [0.1, 0.15) is 15.9 Å². The van der Waals surface area contributed by atoms with Crippen LogP contribution in [-0.2, 0) is 6.54 Å². The minimum Gasteiger partial charge on any atom is -0.423 e. The average Bonchev–Trinajstić information content (AvgIpc) is 2.56. The third-order valence-electron chi connectivity index (χ3n) is 2.68. The van der Waals surface area contributed by atoms with Gasteiger partial charge in [0, 0.05) is 18.7 Å². The topological polar surface area (TPSA) is 81.0 Å². The summed E-state index contributed by atoms with van der Waals surface area (Å²) in [5.74, 6) is -0.122. The van der Waals surface area contributed by atoms with Gasteiger partial charge in [-0.1, -0.05) is 12.1 Å². The van der Waals surface area contributed by atoms with E-state index in [1.54, 1.807) is 12.1 Å². The lowest BCUT2D eigenvalue weighted by Gasteiger charge is -2.12. The van der Waals surface area contributed by atoms with E-state index in [2.05, 4.69) is 0 Å². The standard InChI is InChI=1S/C10H12BNO4/c13-4-3-12-6-7-5-8(11(15)16)1-2-9(7)10(12)14/h1-2,5,13,15-16H,3-4,6H2. The summed E-state index contributed by atoms with van der Waals surface area (Å²) < 4.78 is 0. The summed E-state index contributed by atoms with van der Waals surface area (Å²) in [6, 6.07) is 4.71. The van der Waals surface area contributed by atoms with Crippen molar-refractivity contribution >= 4 is 18.5 Å². The molecule has 0 bridgehead atoms. The van der Waals surface area contributed by atoms with Gasteiger partial charge in [0.2, 0.25) is 0 Å². The van der Waals surface area contributed by atoms with Crippen LogP contribution in [0.5, 0.6) is 0 Å². The maximum absolute atomic E-state index is 11.8. The number of carbonyl (C=O) groups is 1. The summed E-state index contributed by atoms with van der Waals surface area (Å²) in [6.07, 6.45) is 0. The van der Waals surface area contributed by atoms with Crippen molar-refractivity contribution in [3.63, 3.8) is 0 Å². The summed E-state index contributed by atoms with van der Waals surface area (Å²) in [4.78, 5) is 13.3. The van der Waals surface area contributed by atoms with Gasteiger partial charge in [-0.3, -0.25) is 4.79 Å². The number of hydrogen-bond acceptors (Lipinski definition) is 4. The lowest BCUT2D eigenvalue weighted by Crippen LogP contribution is -2.30. The van der Waals surface area contributed by atoms with Crippen LogP contribution in [0.4, 0.5) is 0 Å². The molecule has 6 heteroatoms. The van der Waals surface area contributed by atoms with Gasteiger partial charge in [-0.2, -0.15) is 0 Å². The molecule has 84 valence electrons. The van der Waals surface area contributed by atoms with Crippen molar-refractivity contribution < 1.29 is 19.9 Å². The maximum Gasteiger partial charge on any atom is 0.488 e. The molecule has 1 aromatic carbocycles. The summed E-state index contributed by atoms with van der Waals surface area (Å²) in [5, 5.41) is 26.8. The largest absolute Gasteiger partial charge is 0.488 e. The second-order valence-corrected chi connectivity index (χ2v) is 3.74. The molecule has 1 heterocycles. The van der Waals surface area contributed by atoms with E-state index in [-0.39, 0.29) is 12.5 Å². The highest BCUT2D eigenvalue weighted by atomic mass is 16.4. The molecule has 0 saturated heterocycles. The zero-order valence-electron chi connectivity index (χ0n) is 8.63. The van der Waals surface area contributed by atoms with E-state index in [1.165, 1.54) is 11.0 Å². The summed E-state index contributed by atoms with van der Waals surface area (Å²) >= 11 is 0. The molecule has 0 aliphatic carbocycles. The van der Waals surface area contributed by atoms with E-state index in [0.29, 0.717) is 24.1 Å². The fraction of sp³-hybridized carbons (Fsp3) is 0.300. The fourth-order valence-corrected chi connectivity index (χ4v) is 1.86. The van der Waals surface area contributed by atoms with Crippen LogP contribution in [-0.4, -0.2) is 46.2 Å². The van der Waals surface area contributed by atoms with Crippen molar-refractivity contribution in [2.24, 2.45) is 0 Å².